The van der Waals surface area contributed by atoms with E-state index < -0.39 is 11.7 Å². The minimum atomic E-state index is -0.805. The van der Waals surface area contributed by atoms with Crippen LogP contribution >= 0.6 is 0 Å². The molecule has 1 aliphatic carbocycles. The Morgan fingerprint density at radius 3 is 2.37 bits per heavy atom. The molecular weight excluding hydrogens is 453 g/mol. The summed E-state index contributed by atoms with van der Waals surface area (Å²) in [4.78, 5) is 25.4. The average molecular weight is 484 g/mol. The van der Waals surface area contributed by atoms with Gasteiger partial charge in [0, 0.05) is 17.8 Å². The highest BCUT2D eigenvalue weighted by Gasteiger charge is 2.24. The number of ether oxygens (including phenoxy) is 2. The number of benzene rings is 1. The Bertz CT molecular complexity index is 1220. The fraction of sp³-hybridized carbons (Fsp3) is 0.417. The van der Waals surface area contributed by atoms with Crippen LogP contribution in [0.4, 0.5) is 21.7 Å². The molecule has 0 radical (unpaired) electrons. The van der Waals surface area contributed by atoms with Gasteiger partial charge in [0.15, 0.2) is 11.6 Å². The summed E-state index contributed by atoms with van der Waals surface area (Å²) in [5, 5.41) is 6.17. The lowest BCUT2D eigenvalue weighted by molar-refractivity contribution is 0.100. The summed E-state index contributed by atoms with van der Waals surface area (Å²) in [5.74, 6) is -0.742. The van der Waals surface area contributed by atoms with Gasteiger partial charge in [-0.2, -0.15) is 0 Å². The van der Waals surface area contributed by atoms with E-state index in [-0.39, 0.29) is 35.2 Å². The van der Waals surface area contributed by atoms with Crippen molar-refractivity contribution in [3.05, 3.63) is 35.6 Å². The molecule has 10 nitrogen and oxygen atoms in total. The molecule has 11 heteroatoms. The molecule has 35 heavy (non-hydrogen) atoms. The van der Waals surface area contributed by atoms with Gasteiger partial charge in [-0.05, 0) is 51.0 Å². The van der Waals surface area contributed by atoms with Crippen LogP contribution in [0.15, 0.2) is 24.3 Å². The van der Waals surface area contributed by atoms with E-state index in [1.54, 1.807) is 18.2 Å². The highest BCUT2D eigenvalue weighted by atomic mass is 19.1. The first-order valence-corrected chi connectivity index (χ1v) is 11.8. The van der Waals surface area contributed by atoms with Crippen LogP contribution in [0.1, 0.15) is 49.9 Å². The Kier molecular flexibility index (Phi) is 7.45. The van der Waals surface area contributed by atoms with Crippen molar-refractivity contribution in [2.75, 3.05) is 23.8 Å². The minimum absolute atomic E-state index is 0.0143. The Hall–Kier alpha value is -3.73. The third-order valence-electron chi connectivity index (χ3n) is 5.81. The van der Waals surface area contributed by atoms with Gasteiger partial charge in [0.25, 0.3) is 17.7 Å². The first-order chi connectivity index (χ1) is 16.9. The lowest BCUT2D eigenvalue weighted by atomic mass is 9.91. The first-order valence-electron chi connectivity index (χ1n) is 11.8. The van der Waals surface area contributed by atoms with Crippen molar-refractivity contribution >= 4 is 34.3 Å². The number of amides is 1. The molecule has 186 valence electrons. The van der Waals surface area contributed by atoms with Crippen LogP contribution in [0.5, 0.6) is 11.8 Å². The number of hydrogen-bond donors (Lipinski definition) is 4. The fourth-order valence-corrected chi connectivity index (χ4v) is 4.09. The van der Waals surface area contributed by atoms with Crippen molar-refractivity contribution in [2.45, 2.75) is 51.6 Å². The standard InChI is InChI=1S/C24H30FN7O3/c1-3-34-23-24(35-4-2)31-19-11-13(9-10-18(19)30-23)28-21-14(20(27)33)12-15(25)22(32-21)29-17-8-6-5-7-16(17)26/h9-12,16-17H,3-8,26H2,1-2H3,(H2,27,33)(H2,28,29,32)/t16-,17+/m0/s1. The number of primary amides is 1. The monoisotopic (exact) mass is 483 g/mol. The highest BCUT2D eigenvalue weighted by Crippen LogP contribution is 2.30. The second-order valence-corrected chi connectivity index (χ2v) is 8.31. The van der Waals surface area contributed by atoms with Crippen molar-refractivity contribution in [3.63, 3.8) is 0 Å². The zero-order valence-corrected chi connectivity index (χ0v) is 19.8. The molecule has 3 aromatic rings. The molecule has 0 unspecified atom stereocenters. The van der Waals surface area contributed by atoms with Crippen molar-refractivity contribution in [1.82, 2.24) is 15.0 Å². The van der Waals surface area contributed by atoms with Gasteiger partial charge in [0.2, 0.25) is 0 Å². The van der Waals surface area contributed by atoms with Gasteiger partial charge >= 0.3 is 0 Å². The highest BCUT2D eigenvalue weighted by molar-refractivity contribution is 5.99. The quantitative estimate of drug-likeness (QED) is 0.358. The zero-order chi connectivity index (χ0) is 24.9. The fourth-order valence-electron chi connectivity index (χ4n) is 4.09. The number of fused-ring (bicyclic) bond motifs is 1. The number of hydrogen-bond acceptors (Lipinski definition) is 9. The molecule has 2 aromatic heterocycles. The first kappa shape index (κ1) is 24.4. The molecule has 1 aromatic carbocycles. The van der Waals surface area contributed by atoms with Crippen LogP contribution in [0.3, 0.4) is 0 Å². The molecule has 1 aliphatic rings. The molecule has 0 spiro atoms. The van der Waals surface area contributed by atoms with Gasteiger partial charge < -0.3 is 31.6 Å². The summed E-state index contributed by atoms with van der Waals surface area (Å²) in [6.07, 6.45) is 3.73. The Balaban J connectivity index is 1.67. The van der Waals surface area contributed by atoms with Crippen LogP contribution in [0.2, 0.25) is 0 Å². The third kappa shape index (κ3) is 5.51. The van der Waals surface area contributed by atoms with Crippen LogP contribution in [0, 0.1) is 5.82 Å². The maximum Gasteiger partial charge on any atom is 0.278 e. The molecule has 2 heterocycles. The van der Waals surface area contributed by atoms with E-state index in [2.05, 4.69) is 25.6 Å². The predicted octanol–water partition coefficient (Wildman–Crippen LogP) is 3.49. The molecular formula is C24H30FN7O3. The number of pyridine rings is 1. The molecule has 4 rings (SSSR count). The number of nitrogens with one attached hydrogen (secondary N) is 2. The largest absolute Gasteiger partial charge is 0.474 e. The molecule has 0 saturated heterocycles. The SMILES string of the molecule is CCOc1nc2ccc(Nc3nc(N[C@@H]4CCCC[C@@H]4N)c(F)cc3C(N)=O)cc2nc1OCC. The van der Waals surface area contributed by atoms with Gasteiger partial charge in [-0.1, -0.05) is 12.8 Å². The van der Waals surface area contributed by atoms with Gasteiger partial charge in [0.1, 0.15) is 5.82 Å². The summed E-state index contributed by atoms with van der Waals surface area (Å²) < 4.78 is 25.9. The summed E-state index contributed by atoms with van der Waals surface area (Å²) in [5.41, 5.74) is 13.3. The van der Waals surface area contributed by atoms with Gasteiger partial charge in [0.05, 0.1) is 29.8 Å². The van der Waals surface area contributed by atoms with Crippen molar-refractivity contribution in [1.29, 1.82) is 0 Å². The summed E-state index contributed by atoms with van der Waals surface area (Å²) in [6, 6.07) is 6.09. The van der Waals surface area contributed by atoms with E-state index in [9.17, 15) is 9.18 Å². The average Bonchev–Trinajstić information content (AvgIpc) is 2.83. The smallest absolute Gasteiger partial charge is 0.278 e. The van der Waals surface area contributed by atoms with Crippen LogP contribution in [-0.4, -0.2) is 46.2 Å². The van der Waals surface area contributed by atoms with Crippen molar-refractivity contribution in [3.8, 4) is 11.8 Å². The lowest BCUT2D eigenvalue weighted by Crippen LogP contribution is -2.43. The van der Waals surface area contributed by atoms with E-state index in [1.165, 1.54) is 0 Å². The maximum atomic E-state index is 14.8. The Labute approximate surface area is 202 Å². The van der Waals surface area contributed by atoms with Gasteiger partial charge in [-0.15, -0.1) is 0 Å². The summed E-state index contributed by atoms with van der Waals surface area (Å²) in [6.45, 7) is 4.52. The van der Waals surface area contributed by atoms with E-state index in [0.29, 0.717) is 35.8 Å². The summed E-state index contributed by atoms with van der Waals surface area (Å²) >= 11 is 0. The number of nitrogens with two attached hydrogens (primary N) is 2. The predicted molar refractivity (Wildman–Crippen MR) is 132 cm³/mol. The van der Waals surface area contributed by atoms with Gasteiger partial charge in [-0.3, -0.25) is 4.79 Å². The minimum Gasteiger partial charge on any atom is -0.474 e. The zero-order valence-electron chi connectivity index (χ0n) is 19.8. The van der Waals surface area contributed by atoms with E-state index in [4.69, 9.17) is 20.9 Å². The number of halogens is 1. The van der Waals surface area contributed by atoms with E-state index in [1.807, 2.05) is 13.8 Å². The number of nitrogens with zero attached hydrogens (tertiary/aromatic N) is 3. The molecule has 1 amide bonds. The number of carbonyl (C=O) groups is 1. The molecule has 0 bridgehead atoms. The number of carbonyl (C=O) groups excluding carboxylic acids is 1. The molecule has 1 saturated carbocycles. The molecule has 0 aliphatic heterocycles. The second kappa shape index (κ2) is 10.7. The van der Waals surface area contributed by atoms with Crippen molar-refractivity contribution in [2.24, 2.45) is 11.5 Å². The van der Waals surface area contributed by atoms with E-state index in [0.717, 1.165) is 31.7 Å². The van der Waals surface area contributed by atoms with Crippen molar-refractivity contribution < 1.29 is 18.7 Å². The van der Waals surface area contributed by atoms with Crippen LogP contribution < -0.4 is 31.6 Å². The molecule has 6 N–H and O–H groups in total. The maximum absolute atomic E-state index is 14.8. The number of aromatic nitrogens is 3. The lowest BCUT2D eigenvalue weighted by Gasteiger charge is -2.30. The normalized spacial score (nSPS) is 17.7. The number of anilines is 3. The topological polar surface area (TPSA) is 150 Å². The third-order valence-corrected chi connectivity index (χ3v) is 5.81. The van der Waals surface area contributed by atoms with Crippen LogP contribution in [-0.2, 0) is 0 Å². The summed E-state index contributed by atoms with van der Waals surface area (Å²) in [7, 11) is 0. The Morgan fingerprint density at radius 2 is 1.71 bits per heavy atom. The molecule has 1 fully saturated rings. The molecule has 2 atom stereocenters. The van der Waals surface area contributed by atoms with Gasteiger partial charge in [-0.25, -0.2) is 19.3 Å². The van der Waals surface area contributed by atoms with Crippen LogP contribution in [0.25, 0.3) is 11.0 Å². The Morgan fingerprint density at radius 1 is 1.03 bits per heavy atom. The second-order valence-electron chi connectivity index (χ2n) is 8.31. The number of rotatable bonds is 9. The van der Waals surface area contributed by atoms with E-state index >= 15 is 0 Å².